The molecule has 0 aromatic heterocycles. The van der Waals surface area contributed by atoms with Gasteiger partial charge in [0.1, 0.15) is 0 Å². The van der Waals surface area contributed by atoms with Crippen LogP contribution in [-0.4, -0.2) is 56.4 Å². The Kier molecular flexibility index (Phi) is 8.04. The Bertz CT molecular complexity index is 530. The summed E-state index contributed by atoms with van der Waals surface area (Å²) in [6.07, 6.45) is 3.03. The van der Waals surface area contributed by atoms with Gasteiger partial charge in [-0.15, -0.1) is 24.0 Å². The van der Waals surface area contributed by atoms with E-state index in [1.165, 1.54) is 12.8 Å². The van der Waals surface area contributed by atoms with Crippen molar-refractivity contribution in [3.05, 3.63) is 0 Å². The average Bonchev–Trinajstić information content (AvgIpc) is 3.28. The van der Waals surface area contributed by atoms with Crippen molar-refractivity contribution in [1.29, 1.82) is 0 Å². The summed E-state index contributed by atoms with van der Waals surface area (Å²) in [6.45, 7) is 3.10. The Morgan fingerprint density at radius 3 is 2.25 bits per heavy atom. The van der Waals surface area contributed by atoms with Crippen molar-refractivity contribution in [2.75, 3.05) is 26.2 Å². The Hall–Kier alpha value is -0.300. The highest BCUT2D eigenvalue weighted by molar-refractivity contribution is 14.0. The van der Waals surface area contributed by atoms with Gasteiger partial charge in [0, 0.05) is 32.2 Å². The molecule has 0 atom stereocenters. The number of hydrogen-bond donors (Lipinski definition) is 2. The number of rotatable bonds is 5. The molecule has 1 aliphatic heterocycles. The number of nitrogens with zero attached hydrogens (tertiary/aromatic N) is 2. The Labute approximate surface area is 157 Å². The van der Waals surface area contributed by atoms with Gasteiger partial charge in [-0.05, 0) is 38.5 Å². The molecule has 11 heteroatoms. The van der Waals surface area contributed by atoms with Gasteiger partial charge in [-0.25, -0.2) is 8.42 Å². The molecule has 142 valence electrons. The predicted molar refractivity (Wildman–Crippen MR) is 96.8 cm³/mol. The molecule has 6 nitrogen and oxygen atoms in total. The number of halogens is 4. The van der Waals surface area contributed by atoms with Crippen LogP contribution < -0.4 is 10.6 Å². The fraction of sp³-hybridized carbons (Fsp3) is 0.923. The van der Waals surface area contributed by atoms with E-state index in [0.717, 1.165) is 6.54 Å². The minimum atomic E-state index is -5.23. The molecule has 2 rings (SSSR count). The minimum absolute atomic E-state index is 0. The molecule has 2 N–H and O–H groups in total. The summed E-state index contributed by atoms with van der Waals surface area (Å²) in [5.74, 6) is 1.29. The monoisotopic (exact) mass is 484 g/mol. The number of guanidine groups is 1. The maximum absolute atomic E-state index is 12.5. The fourth-order valence-corrected chi connectivity index (χ4v) is 3.41. The molecule has 0 aromatic carbocycles. The van der Waals surface area contributed by atoms with Crippen LogP contribution in [0.1, 0.15) is 32.6 Å². The van der Waals surface area contributed by atoms with Crippen LogP contribution in [0.4, 0.5) is 13.2 Å². The van der Waals surface area contributed by atoms with Crippen LogP contribution in [0, 0.1) is 5.92 Å². The summed E-state index contributed by atoms with van der Waals surface area (Å²) >= 11 is 0. The van der Waals surface area contributed by atoms with Gasteiger partial charge in [0.15, 0.2) is 5.96 Å². The first kappa shape index (κ1) is 21.7. The number of nitrogens with one attached hydrogen (secondary N) is 2. The minimum Gasteiger partial charge on any atom is -0.357 e. The second kappa shape index (κ2) is 8.88. The third kappa shape index (κ3) is 5.90. The number of alkyl halides is 3. The average molecular weight is 484 g/mol. The van der Waals surface area contributed by atoms with Crippen LogP contribution in [0.2, 0.25) is 0 Å². The van der Waals surface area contributed by atoms with Crippen molar-refractivity contribution in [2.24, 2.45) is 10.9 Å². The molecule has 1 saturated carbocycles. The van der Waals surface area contributed by atoms with Crippen LogP contribution in [0.15, 0.2) is 4.99 Å². The van der Waals surface area contributed by atoms with Crippen molar-refractivity contribution in [3.8, 4) is 0 Å². The molecule has 0 aromatic rings. The van der Waals surface area contributed by atoms with Gasteiger partial charge in [0.05, 0.1) is 0 Å². The molecule has 0 bridgehead atoms. The highest BCUT2D eigenvalue weighted by atomic mass is 127. The van der Waals surface area contributed by atoms with E-state index in [-0.39, 0.29) is 43.1 Å². The molecule has 2 fully saturated rings. The van der Waals surface area contributed by atoms with E-state index in [2.05, 4.69) is 15.6 Å². The van der Waals surface area contributed by atoms with Crippen molar-refractivity contribution in [1.82, 2.24) is 14.9 Å². The van der Waals surface area contributed by atoms with Crippen LogP contribution in [0.3, 0.4) is 0 Å². The Morgan fingerprint density at radius 2 is 1.79 bits per heavy atom. The third-order valence-corrected chi connectivity index (χ3v) is 5.61. The van der Waals surface area contributed by atoms with E-state index < -0.39 is 15.5 Å². The Morgan fingerprint density at radius 1 is 1.21 bits per heavy atom. The van der Waals surface area contributed by atoms with Crippen molar-refractivity contribution in [2.45, 2.75) is 44.2 Å². The van der Waals surface area contributed by atoms with Crippen LogP contribution in [0.5, 0.6) is 0 Å². The van der Waals surface area contributed by atoms with E-state index in [4.69, 9.17) is 0 Å². The first-order valence-electron chi connectivity index (χ1n) is 7.85. The van der Waals surface area contributed by atoms with Gasteiger partial charge in [-0.3, -0.25) is 4.99 Å². The predicted octanol–water partition coefficient (Wildman–Crippen LogP) is 1.88. The maximum Gasteiger partial charge on any atom is 0.511 e. The summed E-state index contributed by atoms with van der Waals surface area (Å²) in [7, 11) is -5.22. The maximum atomic E-state index is 12.5. The lowest BCUT2D eigenvalue weighted by Gasteiger charge is -2.32. The zero-order valence-electron chi connectivity index (χ0n) is 13.5. The standard InChI is InChI=1S/C13H23F3N4O2S.HI/c1-2-17-12(18-9-10-3-4-10)19-11-5-7-20(8-6-11)23(21,22)13(14,15)16;/h10-11H,2-9H2,1H3,(H2,17,18,19);1H. The molecule has 0 spiro atoms. The molecule has 1 heterocycles. The summed E-state index contributed by atoms with van der Waals surface area (Å²) in [6, 6.07) is -0.0771. The molecule has 2 aliphatic rings. The van der Waals surface area contributed by atoms with Gasteiger partial charge in [0.25, 0.3) is 0 Å². The molecule has 1 aliphatic carbocycles. The van der Waals surface area contributed by atoms with E-state index in [0.29, 0.717) is 35.6 Å². The molecule has 0 amide bonds. The molecular formula is C13H24F3IN4O2S. The van der Waals surface area contributed by atoms with Crippen LogP contribution >= 0.6 is 24.0 Å². The molecule has 0 radical (unpaired) electrons. The first-order chi connectivity index (χ1) is 10.7. The van der Waals surface area contributed by atoms with Crippen molar-refractivity contribution >= 4 is 40.0 Å². The van der Waals surface area contributed by atoms with E-state index in [1.54, 1.807) is 0 Å². The van der Waals surface area contributed by atoms with E-state index in [9.17, 15) is 21.6 Å². The first-order valence-corrected chi connectivity index (χ1v) is 9.29. The second-order valence-corrected chi connectivity index (χ2v) is 7.86. The van der Waals surface area contributed by atoms with E-state index >= 15 is 0 Å². The summed E-state index contributed by atoms with van der Waals surface area (Å²) in [4.78, 5) is 4.46. The number of sulfonamides is 1. The SMILES string of the molecule is CCNC(=NCC1CC1)NC1CCN(S(=O)(=O)C(F)(F)F)CC1.I. The van der Waals surface area contributed by atoms with E-state index in [1.807, 2.05) is 6.92 Å². The highest BCUT2D eigenvalue weighted by Gasteiger charge is 2.50. The van der Waals surface area contributed by atoms with Gasteiger partial charge in [-0.2, -0.15) is 17.5 Å². The lowest BCUT2D eigenvalue weighted by molar-refractivity contribution is -0.0494. The molecule has 1 saturated heterocycles. The summed E-state index contributed by atoms with van der Waals surface area (Å²) < 4.78 is 60.8. The third-order valence-electron chi connectivity index (χ3n) is 3.98. The molecule has 24 heavy (non-hydrogen) atoms. The fourth-order valence-electron chi connectivity index (χ4n) is 2.42. The normalized spacial score (nSPS) is 21.2. The van der Waals surface area contributed by atoms with Gasteiger partial charge in [0.2, 0.25) is 0 Å². The van der Waals surface area contributed by atoms with Gasteiger partial charge < -0.3 is 10.6 Å². The summed E-state index contributed by atoms with van der Waals surface area (Å²) in [5.41, 5.74) is -5.23. The van der Waals surface area contributed by atoms with Crippen LogP contribution in [0.25, 0.3) is 0 Å². The smallest absolute Gasteiger partial charge is 0.357 e. The number of piperidine rings is 1. The summed E-state index contributed by atoms with van der Waals surface area (Å²) in [5, 5.41) is 6.29. The second-order valence-electron chi connectivity index (χ2n) is 5.93. The largest absolute Gasteiger partial charge is 0.511 e. The molecular weight excluding hydrogens is 460 g/mol. The lowest BCUT2D eigenvalue weighted by Crippen LogP contribution is -2.51. The van der Waals surface area contributed by atoms with Gasteiger partial charge in [-0.1, -0.05) is 0 Å². The number of aliphatic imine (C=N–C) groups is 1. The lowest BCUT2D eigenvalue weighted by atomic mass is 10.1. The number of hydrogen-bond acceptors (Lipinski definition) is 3. The Balaban J connectivity index is 0.00000288. The topological polar surface area (TPSA) is 73.8 Å². The van der Waals surface area contributed by atoms with Crippen molar-refractivity contribution in [3.63, 3.8) is 0 Å². The van der Waals surface area contributed by atoms with Gasteiger partial charge >= 0.3 is 15.5 Å². The highest BCUT2D eigenvalue weighted by Crippen LogP contribution is 2.29. The van der Waals surface area contributed by atoms with Crippen molar-refractivity contribution < 1.29 is 21.6 Å². The molecule has 0 unspecified atom stereocenters. The zero-order chi connectivity index (χ0) is 17.1. The quantitative estimate of drug-likeness (QED) is 0.355. The van der Waals surface area contributed by atoms with Crippen LogP contribution in [-0.2, 0) is 10.0 Å². The zero-order valence-corrected chi connectivity index (χ0v) is 16.6.